The van der Waals surface area contributed by atoms with Crippen molar-refractivity contribution in [3.05, 3.63) is 194 Å². The Morgan fingerprint density at radius 2 is 0.962 bits per heavy atom. The zero-order chi connectivity index (χ0) is 34.4. The van der Waals surface area contributed by atoms with Gasteiger partial charge in [0.2, 0.25) is 0 Å². The summed E-state index contributed by atoms with van der Waals surface area (Å²) in [5.74, 6) is 0. The number of hydrogen-bond donors (Lipinski definition) is 0. The molecule has 0 radical (unpaired) electrons. The lowest BCUT2D eigenvalue weighted by molar-refractivity contribution is 0.669. The molecule has 0 N–H and O–H groups in total. The predicted octanol–water partition coefficient (Wildman–Crippen LogP) is 13.8. The van der Waals surface area contributed by atoms with Gasteiger partial charge in [0.1, 0.15) is 11.2 Å². The van der Waals surface area contributed by atoms with E-state index in [0.717, 1.165) is 49.8 Å². The van der Waals surface area contributed by atoms with Gasteiger partial charge < -0.3 is 9.32 Å². The Balaban J connectivity index is 1.03. The maximum Gasteiger partial charge on any atom is 0.137 e. The number of anilines is 3. The highest BCUT2D eigenvalue weighted by Gasteiger charge is 2.17. The van der Waals surface area contributed by atoms with Gasteiger partial charge in [0.15, 0.2) is 0 Å². The summed E-state index contributed by atoms with van der Waals surface area (Å²) < 4.78 is 6.49. The van der Waals surface area contributed by atoms with Crippen LogP contribution in [0.1, 0.15) is 0 Å². The van der Waals surface area contributed by atoms with Gasteiger partial charge in [0.25, 0.3) is 0 Å². The summed E-state index contributed by atoms with van der Waals surface area (Å²) in [5.41, 5.74) is 12.1. The Morgan fingerprint density at radius 3 is 1.71 bits per heavy atom. The van der Waals surface area contributed by atoms with E-state index in [0.29, 0.717) is 0 Å². The number of benzene rings is 8. The molecule has 0 aliphatic rings. The minimum Gasteiger partial charge on any atom is -0.456 e. The van der Waals surface area contributed by atoms with Gasteiger partial charge in [-0.1, -0.05) is 121 Å². The van der Waals surface area contributed by atoms with Gasteiger partial charge >= 0.3 is 0 Å². The van der Waals surface area contributed by atoms with Gasteiger partial charge in [0, 0.05) is 51.7 Å². The molecule has 2 heterocycles. The van der Waals surface area contributed by atoms with Gasteiger partial charge in [-0.05, 0) is 104 Å². The minimum atomic E-state index is 0.851. The van der Waals surface area contributed by atoms with Gasteiger partial charge in [-0.2, -0.15) is 0 Å². The number of pyridine rings is 1. The lowest BCUT2D eigenvalue weighted by Gasteiger charge is -2.26. The third kappa shape index (κ3) is 5.28. The van der Waals surface area contributed by atoms with Crippen molar-refractivity contribution in [3.8, 4) is 33.4 Å². The van der Waals surface area contributed by atoms with Crippen molar-refractivity contribution < 1.29 is 4.42 Å². The Morgan fingerprint density at radius 1 is 0.365 bits per heavy atom. The van der Waals surface area contributed by atoms with Crippen LogP contribution in [0.5, 0.6) is 0 Å². The highest BCUT2D eigenvalue weighted by molar-refractivity contribution is 6.10. The zero-order valence-electron chi connectivity index (χ0n) is 28.3. The average Bonchev–Trinajstić information content (AvgIpc) is 3.57. The normalized spacial score (nSPS) is 11.5. The van der Waals surface area contributed by atoms with Crippen LogP contribution in [0.2, 0.25) is 0 Å². The van der Waals surface area contributed by atoms with Gasteiger partial charge in [-0.25, -0.2) is 0 Å². The summed E-state index contributed by atoms with van der Waals surface area (Å²) in [5, 5.41) is 6.94. The van der Waals surface area contributed by atoms with Crippen LogP contribution < -0.4 is 4.90 Å². The van der Waals surface area contributed by atoms with Gasteiger partial charge in [0.05, 0.1) is 0 Å². The number of aromatic nitrogens is 1. The molecule has 0 saturated heterocycles. The fourth-order valence-corrected chi connectivity index (χ4v) is 7.49. The number of rotatable bonds is 6. The van der Waals surface area contributed by atoms with Crippen molar-refractivity contribution in [1.82, 2.24) is 4.98 Å². The second-order valence-electron chi connectivity index (χ2n) is 13.3. The number of fused-ring (bicyclic) bond motifs is 5. The van der Waals surface area contributed by atoms with Crippen LogP contribution in [0.25, 0.3) is 76.9 Å². The van der Waals surface area contributed by atoms with Gasteiger partial charge in [-0.15, -0.1) is 0 Å². The van der Waals surface area contributed by atoms with E-state index in [2.05, 4.69) is 186 Å². The monoisotopic (exact) mass is 664 g/mol. The molecule has 0 unspecified atom stereocenters. The smallest absolute Gasteiger partial charge is 0.137 e. The summed E-state index contributed by atoms with van der Waals surface area (Å²) in [6.45, 7) is 0. The molecule has 8 aromatic carbocycles. The molecule has 0 amide bonds. The zero-order valence-corrected chi connectivity index (χ0v) is 28.3. The molecule has 0 bridgehead atoms. The minimum absolute atomic E-state index is 0.851. The molecule has 0 saturated carbocycles. The fraction of sp³-hybridized carbons (Fsp3) is 0. The maximum absolute atomic E-state index is 6.49. The SMILES string of the molecule is c1ccc(-c2ccc(N(c3ccc(-c4ccc(-c5cccc6ccccc56)cc4)cc3)c3ccc4c(c3)oc3cc5cnccc5cc34)cc2)cc1. The van der Waals surface area contributed by atoms with Crippen LogP contribution in [0.3, 0.4) is 0 Å². The van der Waals surface area contributed by atoms with Crippen molar-refractivity contribution in [1.29, 1.82) is 0 Å². The molecule has 0 atom stereocenters. The molecular weight excluding hydrogens is 633 g/mol. The molecular formula is C49H32N2O. The van der Waals surface area contributed by atoms with Crippen molar-refractivity contribution >= 4 is 60.5 Å². The molecule has 0 aliphatic heterocycles. The van der Waals surface area contributed by atoms with Crippen LogP contribution in [0.15, 0.2) is 199 Å². The van der Waals surface area contributed by atoms with E-state index in [1.165, 1.54) is 44.2 Å². The van der Waals surface area contributed by atoms with E-state index in [1.807, 2.05) is 18.5 Å². The van der Waals surface area contributed by atoms with E-state index in [-0.39, 0.29) is 0 Å². The fourth-order valence-electron chi connectivity index (χ4n) is 7.49. The van der Waals surface area contributed by atoms with Crippen molar-refractivity contribution in [3.63, 3.8) is 0 Å². The Bertz CT molecular complexity index is 2870. The number of hydrogen-bond acceptors (Lipinski definition) is 3. The van der Waals surface area contributed by atoms with Crippen LogP contribution in [-0.2, 0) is 0 Å². The molecule has 10 rings (SSSR count). The summed E-state index contributed by atoms with van der Waals surface area (Å²) >= 11 is 0. The summed E-state index contributed by atoms with van der Waals surface area (Å²) in [6, 6.07) is 65.0. The Labute approximate surface area is 301 Å². The second-order valence-corrected chi connectivity index (χ2v) is 13.3. The molecule has 0 aliphatic carbocycles. The molecule has 10 aromatic rings. The molecule has 0 spiro atoms. The molecule has 52 heavy (non-hydrogen) atoms. The van der Waals surface area contributed by atoms with E-state index < -0.39 is 0 Å². The van der Waals surface area contributed by atoms with E-state index in [9.17, 15) is 0 Å². The number of furan rings is 1. The van der Waals surface area contributed by atoms with Crippen LogP contribution in [-0.4, -0.2) is 4.98 Å². The van der Waals surface area contributed by atoms with E-state index in [4.69, 9.17) is 4.42 Å². The van der Waals surface area contributed by atoms with Crippen molar-refractivity contribution in [2.75, 3.05) is 4.90 Å². The molecule has 0 fully saturated rings. The number of nitrogens with zero attached hydrogens (tertiary/aromatic N) is 2. The second kappa shape index (κ2) is 12.4. The van der Waals surface area contributed by atoms with Crippen LogP contribution in [0.4, 0.5) is 17.1 Å². The third-order valence-corrected chi connectivity index (χ3v) is 10.1. The Hall–Kier alpha value is -6.97. The molecule has 2 aromatic heterocycles. The molecule has 3 nitrogen and oxygen atoms in total. The van der Waals surface area contributed by atoms with Crippen molar-refractivity contribution in [2.45, 2.75) is 0 Å². The summed E-state index contributed by atoms with van der Waals surface area (Å²) in [6.07, 6.45) is 3.72. The standard InChI is InChI=1S/C49H32N2O/c1-2-7-33(8-3-1)35-17-21-41(22-18-35)51(43-25-26-46-47-29-39-27-28-50-32-40(39)30-48(47)52-49(46)31-43)42-23-19-36(20-24-42)34-13-15-38(16-14-34)45-12-6-10-37-9-4-5-11-44(37)45/h1-32H. The topological polar surface area (TPSA) is 29.3 Å². The summed E-state index contributed by atoms with van der Waals surface area (Å²) in [7, 11) is 0. The van der Waals surface area contributed by atoms with Crippen LogP contribution >= 0.6 is 0 Å². The molecule has 244 valence electrons. The third-order valence-electron chi connectivity index (χ3n) is 10.1. The highest BCUT2D eigenvalue weighted by atomic mass is 16.3. The lowest BCUT2D eigenvalue weighted by atomic mass is 9.96. The first kappa shape index (κ1) is 29.9. The van der Waals surface area contributed by atoms with E-state index >= 15 is 0 Å². The predicted molar refractivity (Wildman–Crippen MR) is 218 cm³/mol. The van der Waals surface area contributed by atoms with Gasteiger partial charge in [-0.3, -0.25) is 4.98 Å². The highest BCUT2D eigenvalue weighted by Crippen LogP contribution is 2.40. The molecule has 3 heteroatoms. The van der Waals surface area contributed by atoms with Crippen LogP contribution in [0, 0.1) is 0 Å². The van der Waals surface area contributed by atoms with Crippen molar-refractivity contribution in [2.24, 2.45) is 0 Å². The average molecular weight is 665 g/mol. The lowest BCUT2D eigenvalue weighted by Crippen LogP contribution is -2.09. The summed E-state index contributed by atoms with van der Waals surface area (Å²) in [4.78, 5) is 6.61. The largest absolute Gasteiger partial charge is 0.456 e. The first-order valence-electron chi connectivity index (χ1n) is 17.6. The van der Waals surface area contributed by atoms with E-state index in [1.54, 1.807) is 0 Å². The maximum atomic E-state index is 6.49. The first-order valence-corrected chi connectivity index (χ1v) is 17.6. The quantitative estimate of drug-likeness (QED) is 0.177. The first-order chi connectivity index (χ1) is 25.7. The Kier molecular flexibility index (Phi) is 7.14.